The quantitative estimate of drug-likeness (QED) is 0.901. The van der Waals surface area contributed by atoms with Crippen LogP contribution >= 0.6 is 27.5 Å². The van der Waals surface area contributed by atoms with Crippen molar-refractivity contribution in [2.45, 2.75) is 31.3 Å². The Balaban J connectivity index is 1.99. The van der Waals surface area contributed by atoms with E-state index < -0.39 is 5.60 Å². The van der Waals surface area contributed by atoms with Gasteiger partial charge in [-0.1, -0.05) is 24.4 Å². The molecule has 0 atom stereocenters. The van der Waals surface area contributed by atoms with Crippen molar-refractivity contribution >= 4 is 33.3 Å². The minimum Gasteiger partial charge on any atom is -0.388 e. The largest absolute Gasteiger partial charge is 0.388 e. The summed E-state index contributed by atoms with van der Waals surface area (Å²) in [5.74, 6) is 0.630. The highest BCUT2D eigenvalue weighted by Gasteiger charge is 2.30. The summed E-state index contributed by atoms with van der Waals surface area (Å²) in [6.45, 7) is 0.515. The third kappa shape index (κ3) is 2.87. The summed E-state index contributed by atoms with van der Waals surface area (Å²) in [6.07, 6.45) is 5.59. The van der Waals surface area contributed by atoms with E-state index in [1.54, 1.807) is 12.3 Å². The summed E-state index contributed by atoms with van der Waals surface area (Å²) >= 11 is 9.32. The van der Waals surface area contributed by atoms with Crippen LogP contribution in [0.15, 0.2) is 16.7 Å². The van der Waals surface area contributed by atoms with Crippen molar-refractivity contribution < 1.29 is 5.11 Å². The molecule has 88 valence electrons. The Hall–Kier alpha value is -0.320. The van der Waals surface area contributed by atoms with Crippen molar-refractivity contribution in [3.63, 3.8) is 0 Å². The molecule has 16 heavy (non-hydrogen) atoms. The molecule has 1 aliphatic carbocycles. The lowest BCUT2D eigenvalue weighted by molar-refractivity contribution is 0.0614. The van der Waals surface area contributed by atoms with Gasteiger partial charge in [0.1, 0.15) is 5.82 Å². The SMILES string of the molecule is OC1(CNc2ncc(Br)cc2Cl)CCCC1. The third-order valence-electron chi connectivity index (χ3n) is 2.93. The molecule has 0 aliphatic heterocycles. The maximum Gasteiger partial charge on any atom is 0.144 e. The molecule has 1 heterocycles. The fraction of sp³-hybridized carbons (Fsp3) is 0.545. The van der Waals surface area contributed by atoms with Crippen LogP contribution < -0.4 is 5.32 Å². The van der Waals surface area contributed by atoms with Crippen molar-refractivity contribution in [2.75, 3.05) is 11.9 Å². The van der Waals surface area contributed by atoms with Crippen LogP contribution in [0, 0.1) is 0 Å². The Bertz CT molecular complexity index is 380. The molecule has 1 fully saturated rings. The zero-order valence-corrected chi connectivity index (χ0v) is 11.2. The molecule has 1 aliphatic rings. The van der Waals surface area contributed by atoms with Crippen LogP contribution in [0.25, 0.3) is 0 Å². The molecule has 3 nitrogen and oxygen atoms in total. The fourth-order valence-corrected chi connectivity index (χ4v) is 2.70. The molecule has 1 saturated carbocycles. The van der Waals surface area contributed by atoms with Crippen LogP contribution in [0.5, 0.6) is 0 Å². The predicted octanol–water partition coefficient (Wildman–Crippen LogP) is 3.21. The molecule has 0 unspecified atom stereocenters. The van der Waals surface area contributed by atoms with Crippen LogP contribution in [0.1, 0.15) is 25.7 Å². The smallest absolute Gasteiger partial charge is 0.144 e. The van der Waals surface area contributed by atoms with Crippen molar-refractivity contribution in [1.82, 2.24) is 4.98 Å². The first kappa shape index (κ1) is 12.1. The van der Waals surface area contributed by atoms with Gasteiger partial charge in [0.25, 0.3) is 0 Å². The highest BCUT2D eigenvalue weighted by molar-refractivity contribution is 9.10. The van der Waals surface area contributed by atoms with E-state index in [0.29, 0.717) is 17.4 Å². The number of nitrogens with one attached hydrogen (secondary N) is 1. The number of hydrogen-bond donors (Lipinski definition) is 2. The monoisotopic (exact) mass is 304 g/mol. The number of rotatable bonds is 3. The van der Waals surface area contributed by atoms with E-state index in [1.807, 2.05) is 0 Å². The van der Waals surface area contributed by atoms with Gasteiger partial charge >= 0.3 is 0 Å². The molecular formula is C11H14BrClN2O. The summed E-state index contributed by atoms with van der Waals surface area (Å²) in [5.41, 5.74) is -0.585. The Morgan fingerprint density at radius 2 is 2.19 bits per heavy atom. The van der Waals surface area contributed by atoms with Gasteiger partial charge in [-0.25, -0.2) is 4.98 Å². The van der Waals surface area contributed by atoms with Crippen molar-refractivity contribution in [1.29, 1.82) is 0 Å². The number of nitrogens with zero attached hydrogens (tertiary/aromatic N) is 1. The number of aliphatic hydroxyl groups is 1. The Labute approximate surface area is 108 Å². The molecule has 2 N–H and O–H groups in total. The van der Waals surface area contributed by atoms with E-state index in [9.17, 15) is 5.11 Å². The topological polar surface area (TPSA) is 45.1 Å². The van der Waals surface area contributed by atoms with E-state index in [-0.39, 0.29) is 0 Å². The number of aromatic nitrogens is 1. The number of hydrogen-bond acceptors (Lipinski definition) is 3. The average Bonchev–Trinajstić information content (AvgIpc) is 2.64. The minimum absolute atomic E-state index is 0.515. The van der Waals surface area contributed by atoms with Gasteiger partial charge in [-0.05, 0) is 34.8 Å². The van der Waals surface area contributed by atoms with Crippen LogP contribution in [-0.2, 0) is 0 Å². The Morgan fingerprint density at radius 1 is 1.50 bits per heavy atom. The zero-order valence-electron chi connectivity index (χ0n) is 8.84. The minimum atomic E-state index is -0.585. The summed E-state index contributed by atoms with van der Waals surface area (Å²) in [6, 6.07) is 1.79. The normalized spacial score (nSPS) is 18.7. The van der Waals surface area contributed by atoms with Gasteiger partial charge in [0.2, 0.25) is 0 Å². The van der Waals surface area contributed by atoms with Gasteiger partial charge in [0.15, 0.2) is 0 Å². The van der Waals surface area contributed by atoms with Gasteiger partial charge in [-0.3, -0.25) is 0 Å². The lowest BCUT2D eigenvalue weighted by Gasteiger charge is -2.22. The number of pyridine rings is 1. The van der Waals surface area contributed by atoms with Crippen LogP contribution in [0.3, 0.4) is 0 Å². The first-order chi connectivity index (χ1) is 7.59. The van der Waals surface area contributed by atoms with Gasteiger partial charge in [0.05, 0.1) is 10.6 Å². The maximum atomic E-state index is 10.2. The Morgan fingerprint density at radius 3 is 2.81 bits per heavy atom. The van der Waals surface area contributed by atoms with Crippen molar-refractivity contribution in [2.24, 2.45) is 0 Å². The molecule has 2 rings (SSSR count). The lowest BCUT2D eigenvalue weighted by Crippen LogP contribution is -2.33. The lowest BCUT2D eigenvalue weighted by atomic mass is 10.0. The third-order valence-corrected chi connectivity index (χ3v) is 3.65. The molecular weight excluding hydrogens is 291 g/mol. The highest BCUT2D eigenvalue weighted by Crippen LogP contribution is 2.30. The van der Waals surface area contributed by atoms with E-state index in [0.717, 1.165) is 30.2 Å². The second-order valence-electron chi connectivity index (χ2n) is 4.27. The van der Waals surface area contributed by atoms with Gasteiger partial charge in [0, 0.05) is 17.2 Å². The number of anilines is 1. The van der Waals surface area contributed by atoms with Gasteiger partial charge < -0.3 is 10.4 Å². The molecule has 0 aromatic carbocycles. The van der Waals surface area contributed by atoms with Gasteiger partial charge in [-0.2, -0.15) is 0 Å². The van der Waals surface area contributed by atoms with Crippen LogP contribution in [0.4, 0.5) is 5.82 Å². The first-order valence-electron chi connectivity index (χ1n) is 5.36. The summed E-state index contributed by atoms with van der Waals surface area (Å²) < 4.78 is 0.850. The molecule has 0 bridgehead atoms. The van der Waals surface area contributed by atoms with E-state index >= 15 is 0 Å². The number of halogens is 2. The second-order valence-corrected chi connectivity index (χ2v) is 5.59. The Kier molecular flexibility index (Phi) is 3.72. The van der Waals surface area contributed by atoms with Crippen molar-refractivity contribution in [3.8, 4) is 0 Å². The van der Waals surface area contributed by atoms with Crippen molar-refractivity contribution in [3.05, 3.63) is 21.8 Å². The summed E-state index contributed by atoms with van der Waals surface area (Å²) in [4.78, 5) is 4.17. The summed E-state index contributed by atoms with van der Waals surface area (Å²) in [7, 11) is 0. The molecule has 0 radical (unpaired) electrons. The van der Waals surface area contributed by atoms with Crippen LogP contribution in [-0.4, -0.2) is 22.2 Å². The molecule has 0 spiro atoms. The first-order valence-corrected chi connectivity index (χ1v) is 6.53. The predicted molar refractivity (Wildman–Crippen MR) is 68.9 cm³/mol. The van der Waals surface area contributed by atoms with E-state index in [1.165, 1.54) is 0 Å². The highest BCUT2D eigenvalue weighted by atomic mass is 79.9. The van der Waals surface area contributed by atoms with E-state index in [2.05, 4.69) is 26.2 Å². The van der Waals surface area contributed by atoms with Gasteiger partial charge in [-0.15, -0.1) is 0 Å². The molecule has 0 saturated heterocycles. The molecule has 0 amide bonds. The second kappa shape index (κ2) is 4.90. The van der Waals surface area contributed by atoms with E-state index in [4.69, 9.17) is 11.6 Å². The average molecular weight is 306 g/mol. The fourth-order valence-electron chi connectivity index (χ4n) is 2.00. The standard InChI is InChI=1S/C11H14BrClN2O/c12-8-5-9(13)10(14-6-8)15-7-11(16)3-1-2-4-11/h5-6,16H,1-4,7H2,(H,14,15). The molecule has 5 heteroatoms. The maximum absolute atomic E-state index is 10.2. The molecule has 1 aromatic heterocycles. The molecule has 1 aromatic rings. The van der Waals surface area contributed by atoms with Crippen LogP contribution in [0.2, 0.25) is 5.02 Å². The summed E-state index contributed by atoms with van der Waals surface area (Å²) in [5, 5.41) is 13.8. The zero-order chi connectivity index (χ0) is 11.6.